The molecule has 5 heteroatoms. The summed E-state index contributed by atoms with van der Waals surface area (Å²) in [7, 11) is 0. The van der Waals surface area contributed by atoms with E-state index in [4.69, 9.17) is 5.73 Å². The first-order valence-electron chi connectivity index (χ1n) is 6.35. The molecular formula is C14H15N5. The van der Waals surface area contributed by atoms with Gasteiger partial charge < -0.3 is 5.73 Å². The number of aromatic nitrogens is 4. The Bertz CT molecular complexity index is 711. The number of rotatable bonds is 3. The maximum atomic E-state index is 5.90. The fourth-order valence-corrected chi connectivity index (χ4v) is 2.25. The van der Waals surface area contributed by atoms with Crippen LogP contribution >= 0.6 is 0 Å². The second-order valence-corrected chi connectivity index (χ2v) is 4.43. The summed E-state index contributed by atoms with van der Waals surface area (Å²) in [5.41, 5.74) is 8.77. The number of anilines is 1. The van der Waals surface area contributed by atoms with E-state index in [1.807, 2.05) is 35.0 Å². The summed E-state index contributed by atoms with van der Waals surface area (Å²) in [5.74, 6) is 0.503. The Morgan fingerprint density at radius 1 is 1.21 bits per heavy atom. The van der Waals surface area contributed by atoms with Crippen molar-refractivity contribution in [3.05, 3.63) is 42.2 Å². The summed E-state index contributed by atoms with van der Waals surface area (Å²) in [6.07, 6.45) is 3.64. The van der Waals surface area contributed by atoms with Gasteiger partial charge in [0, 0.05) is 11.6 Å². The van der Waals surface area contributed by atoms with Crippen LogP contribution in [0.15, 0.2) is 36.5 Å². The third kappa shape index (κ3) is 1.93. The third-order valence-electron chi connectivity index (χ3n) is 3.13. The third-order valence-corrected chi connectivity index (χ3v) is 3.13. The van der Waals surface area contributed by atoms with E-state index in [0.717, 1.165) is 35.1 Å². The van der Waals surface area contributed by atoms with Crippen LogP contribution in [0.5, 0.6) is 0 Å². The minimum Gasteiger partial charge on any atom is -0.381 e. The minimum atomic E-state index is 0.503. The quantitative estimate of drug-likeness (QED) is 0.777. The van der Waals surface area contributed by atoms with Crippen LogP contribution in [0.1, 0.15) is 19.0 Å². The second kappa shape index (κ2) is 4.68. The molecule has 3 aromatic rings. The molecule has 0 bridgehead atoms. The molecule has 3 rings (SSSR count). The van der Waals surface area contributed by atoms with Gasteiger partial charge in [-0.1, -0.05) is 24.6 Å². The van der Waals surface area contributed by atoms with Crippen LogP contribution in [0, 0.1) is 0 Å². The van der Waals surface area contributed by atoms with E-state index in [-0.39, 0.29) is 0 Å². The lowest BCUT2D eigenvalue weighted by Crippen LogP contribution is -2.04. The van der Waals surface area contributed by atoms with Gasteiger partial charge in [-0.3, -0.25) is 4.98 Å². The highest BCUT2D eigenvalue weighted by molar-refractivity contribution is 5.87. The number of nitrogen functional groups attached to an aromatic ring is 1. The van der Waals surface area contributed by atoms with Crippen molar-refractivity contribution < 1.29 is 0 Å². The Labute approximate surface area is 111 Å². The lowest BCUT2D eigenvalue weighted by molar-refractivity contribution is 0.749. The first-order chi connectivity index (χ1) is 9.31. The largest absolute Gasteiger partial charge is 0.381 e. The van der Waals surface area contributed by atoms with Crippen molar-refractivity contribution in [3.8, 4) is 5.69 Å². The number of fused-ring (bicyclic) bond motifs is 1. The van der Waals surface area contributed by atoms with Gasteiger partial charge >= 0.3 is 0 Å². The van der Waals surface area contributed by atoms with Crippen LogP contribution in [-0.4, -0.2) is 20.0 Å². The molecule has 0 aliphatic heterocycles. The van der Waals surface area contributed by atoms with Crippen molar-refractivity contribution in [2.75, 3.05) is 5.73 Å². The Kier molecular flexibility index (Phi) is 2.87. The van der Waals surface area contributed by atoms with Crippen LogP contribution in [0.3, 0.4) is 0 Å². The van der Waals surface area contributed by atoms with Crippen molar-refractivity contribution in [2.24, 2.45) is 0 Å². The van der Waals surface area contributed by atoms with Gasteiger partial charge in [-0.05, 0) is 30.7 Å². The van der Waals surface area contributed by atoms with Crippen LogP contribution in [0.25, 0.3) is 16.6 Å². The summed E-state index contributed by atoms with van der Waals surface area (Å²) in [6.45, 7) is 2.11. The number of nitrogens with zero attached hydrogens (tertiary/aromatic N) is 4. The molecule has 0 fully saturated rings. The average Bonchev–Trinajstić information content (AvgIpc) is 2.80. The van der Waals surface area contributed by atoms with E-state index in [1.165, 1.54) is 0 Å². The molecule has 19 heavy (non-hydrogen) atoms. The van der Waals surface area contributed by atoms with Gasteiger partial charge in [0.15, 0.2) is 5.82 Å². The minimum absolute atomic E-state index is 0.503. The highest BCUT2D eigenvalue weighted by Crippen LogP contribution is 2.23. The fourth-order valence-electron chi connectivity index (χ4n) is 2.25. The van der Waals surface area contributed by atoms with Crippen LogP contribution < -0.4 is 5.73 Å². The lowest BCUT2D eigenvalue weighted by atomic mass is 10.1. The Balaban J connectivity index is 2.25. The van der Waals surface area contributed by atoms with Gasteiger partial charge in [0.1, 0.15) is 0 Å². The lowest BCUT2D eigenvalue weighted by Gasteiger charge is -2.08. The van der Waals surface area contributed by atoms with Crippen molar-refractivity contribution >= 4 is 16.7 Å². The molecule has 2 aromatic heterocycles. The number of hydrogen-bond donors (Lipinski definition) is 1. The second-order valence-electron chi connectivity index (χ2n) is 4.43. The summed E-state index contributed by atoms with van der Waals surface area (Å²) in [6, 6.07) is 9.92. The van der Waals surface area contributed by atoms with Crippen molar-refractivity contribution in [2.45, 2.75) is 19.8 Å². The first-order valence-corrected chi connectivity index (χ1v) is 6.35. The maximum Gasteiger partial charge on any atom is 0.169 e. The van der Waals surface area contributed by atoms with Crippen molar-refractivity contribution in [3.63, 3.8) is 0 Å². The van der Waals surface area contributed by atoms with Crippen LogP contribution in [-0.2, 0) is 6.42 Å². The molecule has 1 aromatic carbocycles. The molecule has 0 atom stereocenters. The molecule has 96 valence electrons. The number of benzene rings is 1. The monoisotopic (exact) mass is 253 g/mol. The smallest absolute Gasteiger partial charge is 0.169 e. The Morgan fingerprint density at radius 2 is 2.11 bits per heavy atom. The predicted octanol–water partition coefficient (Wildman–Crippen LogP) is 2.35. The molecule has 0 aliphatic carbocycles. The highest BCUT2D eigenvalue weighted by Gasteiger charge is 2.13. The van der Waals surface area contributed by atoms with Crippen LogP contribution in [0.4, 0.5) is 5.82 Å². The number of pyridine rings is 1. The van der Waals surface area contributed by atoms with E-state index in [2.05, 4.69) is 22.2 Å². The summed E-state index contributed by atoms with van der Waals surface area (Å²) in [5, 5.41) is 9.21. The maximum absolute atomic E-state index is 5.90. The zero-order valence-corrected chi connectivity index (χ0v) is 10.7. The van der Waals surface area contributed by atoms with Gasteiger partial charge in [0.05, 0.1) is 16.9 Å². The van der Waals surface area contributed by atoms with E-state index < -0.39 is 0 Å². The van der Waals surface area contributed by atoms with Crippen LogP contribution in [0.2, 0.25) is 0 Å². The van der Waals surface area contributed by atoms with Gasteiger partial charge in [0.25, 0.3) is 0 Å². The van der Waals surface area contributed by atoms with Crippen molar-refractivity contribution in [1.29, 1.82) is 0 Å². The van der Waals surface area contributed by atoms with Gasteiger partial charge in [-0.2, -0.15) is 0 Å². The number of hydrogen-bond acceptors (Lipinski definition) is 4. The van der Waals surface area contributed by atoms with Gasteiger partial charge in [0.2, 0.25) is 0 Å². The predicted molar refractivity (Wildman–Crippen MR) is 75.1 cm³/mol. The topological polar surface area (TPSA) is 69.6 Å². The van der Waals surface area contributed by atoms with E-state index in [0.29, 0.717) is 5.82 Å². The normalized spacial score (nSPS) is 11.0. The summed E-state index contributed by atoms with van der Waals surface area (Å²) >= 11 is 0. The first kappa shape index (κ1) is 11.6. The molecule has 0 unspecified atom stereocenters. The molecule has 2 heterocycles. The zero-order chi connectivity index (χ0) is 13.2. The van der Waals surface area contributed by atoms with E-state index >= 15 is 0 Å². The average molecular weight is 253 g/mol. The zero-order valence-electron chi connectivity index (χ0n) is 10.7. The molecule has 0 radical (unpaired) electrons. The molecule has 0 saturated carbocycles. The number of nitrogens with two attached hydrogens (primary N) is 1. The van der Waals surface area contributed by atoms with Gasteiger partial charge in [-0.15, -0.1) is 5.10 Å². The molecule has 0 amide bonds. The van der Waals surface area contributed by atoms with Gasteiger partial charge in [-0.25, -0.2) is 4.68 Å². The molecule has 2 N–H and O–H groups in total. The summed E-state index contributed by atoms with van der Waals surface area (Å²) < 4.78 is 1.82. The highest BCUT2D eigenvalue weighted by atomic mass is 15.4. The SMILES string of the molecule is CCCc1c(N)nnn1-c1cccc2ncccc12. The molecule has 0 aliphatic rings. The Hall–Kier alpha value is -2.43. The molecule has 5 nitrogen and oxygen atoms in total. The van der Waals surface area contributed by atoms with Crippen molar-refractivity contribution in [1.82, 2.24) is 20.0 Å². The Morgan fingerprint density at radius 3 is 2.95 bits per heavy atom. The van der Waals surface area contributed by atoms with E-state index in [9.17, 15) is 0 Å². The standard InChI is InChI=1S/C14H15N5/c1-2-5-13-14(15)17-18-19(13)12-8-3-7-11-10(12)6-4-9-16-11/h3-4,6-9H,2,5,15H2,1H3. The summed E-state index contributed by atoms with van der Waals surface area (Å²) in [4.78, 5) is 4.36. The molecular weight excluding hydrogens is 238 g/mol. The molecule has 0 spiro atoms. The fraction of sp³-hybridized carbons (Fsp3) is 0.214. The van der Waals surface area contributed by atoms with E-state index in [1.54, 1.807) is 6.20 Å². The molecule has 0 saturated heterocycles.